The van der Waals surface area contributed by atoms with Crippen LogP contribution in [0.3, 0.4) is 0 Å². The van der Waals surface area contributed by atoms with Crippen LogP contribution in [0.2, 0.25) is 0 Å². The van der Waals surface area contributed by atoms with Crippen LogP contribution in [0.25, 0.3) is 0 Å². The Morgan fingerprint density at radius 2 is 2.31 bits per heavy atom. The fourth-order valence-electron chi connectivity index (χ4n) is 2.12. The number of rotatable bonds is 1. The molecule has 1 aromatic heterocycles. The summed E-state index contributed by atoms with van der Waals surface area (Å²) in [6.07, 6.45) is 2.28. The van der Waals surface area contributed by atoms with Gasteiger partial charge in [0.25, 0.3) is 0 Å². The van der Waals surface area contributed by atoms with Gasteiger partial charge in [0.05, 0.1) is 5.56 Å². The maximum absolute atomic E-state index is 8.93. The number of nitriles is 1. The summed E-state index contributed by atoms with van der Waals surface area (Å²) in [6, 6.07) is 4.34. The minimum atomic E-state index is 0.527. The number of fused-ring (bicyclic) bond motifs is 1. The summed E-state index contributed by atoms with van der Waals surface area (Å²) in [5, 5.41) is 8.93. The molecule has 0 N–H and O–H groups in total. The Bertz CT molecular complexity index is 366. The lowest BCUT2D eigenvalue weighted by molar-refractivity contribution is 0.670. The lowest BCUT2D eigenvalue weighted by atomic mass is 10.1. The van der Waals surface area contributed by atoms with Gasteiger partial charge in [0.1, 0.15) is 6.07 Å². The third-order valence-corrected chi connectivity index (χ3v) is 2.75. The van der Waals surface area contributed by atoms with Gasteiger partial charge in [0.15, 0.2) is 0 Å². The summed E-state index contributed by atoms with van der Waals surface area (Å²) >= 11 is 0. The summed E-state index contributed by atoms with van der Waals surface area (Å²) < 4.78 is 2.32. The molecule has 13 heavy (non-hydrogen) atoms. The molecule has 0 saturated heterocycles. The van der Waals surface area contributed by atoms with Crippen LogP contribution in [0.5, 0.6) is 0 Å². The van der Waals surface area contributed by atoms with Gasteiger partial charge >= 0.3 is 0 Å². The zero-order valence-electron chi connectivity index (χ0n) is 8.17. The molecule has 0 aromatic carbocycles. The number of aromatic nitrogens is 1. The average molecular weight is 174 g/mol. The topological polar surface area (TPSA) is 28.7 Å². The third kappa shape index (κ3) is 1.16. The van der Waals surface area contributed by atoms with Gasteiger partial charge in [0.2, 0.25) is 0 Å². The maximum atomic E-state index is 8.93. The van der Waals surface area contributed by atoms with Gasteiger partial charge in [-0.15, -0.1) is 0 Å². The summed E-state index contributed by atoms with van der Waals surface area (Å²) in [5.41, 5.74) is 3.47. The fraction of sp³-hybridized carbons (Fsp3) is 0.545. The van der Waals surface area contributed by atoms with Crippen LogP contribution in [0.1, 0.15) is 43.1 Å². The van der Waals surface area contributed by atoms with Gasteiger partial charge in [0, 0.05) is 17.9 Å². The molecule has 0 fully saturated rings. The van der Waals surface area contributed by atoms with Crippen molar-refractivity contribution in [2.45, 2.75) is 39.2 Å². The van der Waals surface area contributed by atoms with Crippen molar-refractivity contribution in [1.29, 1.82) is 5.26 Å². The molecular formula is C11H14N2. The third-order valence-electron chi connectivity index (χ3n) is 2.75. The van der Waals surface area contributed by atoms with E-state index in [9.17, 15) is 0 Å². The molecule has 0 saturated carbocycles. The molecule has 68 valence electrons. The Morgan fingerprint density at radius 3 is 2.92 bits per heavy atom. The summed E-state index contributed by atoms with van der Waals surface area (Å²) in [6.45, 7) is 5.47. The SMILES string of the molecule is CC(C)c1cc(C#N)c2n1CCC2. The van der Waals surface area contributed by atoms with Crippen molar-refractivity contribution in [3.05, 3.63) is 23.0 Å². The highest BCUT2D eigenvalue weighted by atomic mass is 15.0. The van der Waals surface area contributed by atoms with E-state index in [0.717, 1.165) is 18.5 Å². The van der Waals surface area contributed by atoms with E-state index in [4.69, 9.17) is 5.26 Å². The van der Waals surface area contributed by atoms with Crippen LogP contribution in [0.4, 0.5) is 0 Å². The van der Waals surface area contributed by atoms with E-state index in [1.165, 1.54) is 17.8 Å². The predicted molar refractivity (Wildman–Crippen MR) is 51.6 cm³/mol. The fourth-order valence-corrected chi connectivity index (χ4v) is 2.12. The van der Waals surface area contributed by atoms with Crippen LogP contribution < -0.4 is 0 Å². The van der Waals surface area contributed by atoms with Crippen LogP contribution in [-0.2, 0) is 13.0 Å². The molecule has 2 heteroatoms. The van der Waals surface area contributed by atoms with E-state index in [1.807, 2.05) is 0 Å². The van der Waals surface area contributed by atoms with Crippen LogP contribution in [0.15, 0.2) is 6.07 Å². The Labute approximate surface area is 78.8 Å². The second-order valence-corrected chi connectivity index (χ2v) is 3.95. The average Bonchev–Trinajstić information content (AvgIpc) is 2.61. The number of hydrogen-bond acceptors (Lipinski definition) is 1. The first-order valence-corrected chi connectivity index (χ1v) is 4.86. The van der Waals surface area contributed by atoms with Gasteiger partial charge in [-0.25, -0.2) is 0 Å². The highest BCUT2D eigenvalue weighted by Crippen LogP contribution is 2.27. The van der Waals surface area contributed by atoms with E-state index >= 15 is 0 Å². The molecule has 0 amide bonds. The Kier molecular flexibility index (Phi) is 1.88. The smallest absolute Gasteiger partial charge is 0.101 e. The Hall–Kier alpha value is -1.23. The van der Waals surface area contributed by atoms with Gasteiger partial charge in [-0.2, -0.15) is 5.26 Å². The van der Waals surface area contributed by atoms with E-state index in [1.54, 1.807) is 0 Å². The zero-order valence-corrected chi connectivity index (χ0v) is 8.17. The largest absolute Gasteiger partial charge is 0.347 e. The molecule has 0 aliphatic carbocycles. The van der Waals surface area contributed by atoms with E-state index in [0.29, 0.717) is 5.92 Å². The number of hydrogen-bond donors (Lipinski definition) is 0. The van der Waals surface area contributed by atoms with Crippen LogP contribution in [0, 0.1) is 11.3 Å². The second kappa shape index (κ2) is 2.92. The monoisotopic (exact) mass is 174 g/mol. The molecule has 2 rings (SSSR count). The molecule has 2 heterocycles. The molecule has 2 nitrogen and oxygen atoms in total. The molecule has 1 aliphatic heterocycles. The molecule has 0 atom stereocenters. The first-order chi connectivity index (χ1) is 6.24. The summed E-state index contributed by atoms with van der Waals surface area (Å²) in [5.74, 6) is 0.527. The highest BCUT2D eigenvalue weighted by molar-refractivity contribution is 5.40. The minimum absolute atomic E-state index is 0.527. The minimum Gasteiger partial charge on any atom is -0.347 e. The Morgan fingerprint density at radius 1 is 1.54 bits per heavy atom. The van der Waals surface area contributed by atoms with Gasteiger partial charge < -0.3 is 4.57 Å². The van der Waals surface area contributed by atoms with Crippen molar-refractivity contribution in [2.24, 2.45) is 0 Å². The molecule has 1 aromatic rings. The van der Waals surface area contributed by atoms with Crippen molar-refractivity contribution in [3.8, 4) is 6.07 Å². The van der Waals surface area contributed by atoms with Crippen molar-refractivity contribution >= 4 is 0 Å². The molecule has 0 spiro atoms. The quantitative estimate of drug-likeness (QED) is 0.642. The van der Waals surface area contributed by atoms with Crippen molar-refractivity contribution in [1.82, 2.24) is 4.57 Å². The molecular weight excluding hydrogens is 160 g/mol. The molecule has 0 radical (unpaired) electrons. The van der Waals surface area contributed by atoms with Crippen molar-refractivity contribution < 1.29 is 0 Å². The van der Waals surface area contributed by atoms with E-state index in [2.05, 4.69) is 30.6 Å². The van der Waals surface area contributed by atoms with Crippen LogP contribution >= 0.6 is 0 Å². The van der Waals surface area contributed by atoms with Crippen LogP contribution in [-0.4, -0.2) is 4.57 Å². The molecule has 1 aliphatic rings. The normalized spacial score (nSPS) is 14.6. The van der Waals surface area contributed by atoms with E-state index in [-0.39, 0.29) is 0 Å². The number of nitrogens with zero attached hydrogens (tertiary/aromatic N) is 2. The summed E-state index contributed by atoms with van der Waals surface area (Å²) in [4.78, 5) is 0. The van der Waals surface area contributed by atoms with Crippen molar-refractivity contribution in [3.63, 3.8) is 0 Å². The van der Waals surface area contributed by atoms with Crippen molar-refractivity contribution in [2.75, 3.05) is 0 Å². The predicted octanol–water partition coefficient (Wildman–Crippen LogP) is 2.43. The lowest BCUT2D eigenvalue weighted by Gasteiger charge is -2.08. The lowest BCUT2D eigenvalue weighted by Crippen LogP contribution is -2.00. The zero-order chi connectivity index (χ0) is 9.42. The van der Waals surface area contributed by atoms with Gasteiger partial charge in [-0.1, -0.05) is 13.8 Å². The standard InChI is InChI=1S/C11H14N2/c1-8(2)11-6-9(7-12)10-4-3-5-13(10)11/h6,8H,3-5H2,1-2H3. The molecule has 0 bridgehead atoms. The second-order valence-electron chi connectivity index (χ2n) is 3.95. The Balaban J connectivity index is 2.56. The van der Waals surface area contributed by atoms with Gasteiger partial charge in [-0.3, -0.25) is 0 Å². The molecule has 0 unspecified atom stereocenters. The first kappa shape index (κ1) is 8.37. The highest BCUT2D eigenvalue weighted by Gasteiger charge is 2.20. The summed E-state index contributed by atoms with van der Waals surface area (Å²) in [7, 11) is 0. The maximum Gasteiger partial charge on any atom is 0.101 e. The van der Waals surface area contributed by atoms with E-state index < -0.39 is 0 Å². The van der Waals surface area contributed by atoms with Gasteiger partial charge in [-0.05, 0) is 24.8 Å². The first-order valence-electron chi connectivity index (χ1n) is 4.86.